The maximum absolute atomic E-state index is 12.6. The highest BCUT2D eigenvalue weighted by Crippen LogP contribution is 2.37. The number of alkyl halides is 4. The number of hydrogen-bond donors (Lipinski definition) is 1. The average molecular weight is 1160 g/mol. The third kappa shape index (κ3) is 35.0. The highest BCUT2D eigenvalue weighted by atomic mass is 19.3. The minimum Gasteiger partial charge on any atom is -0.477 e. The summed E-state index contributed by atoms with van der Waals surface area (Å²) < 4.78 is 55.1. The second kappa shape index (κ2) is 41.8. The number of benzene rings is 1. The van der Waals surface area contributed by atoms with Crippen molar-refractivity contribution in [2.45, 2.75) is 173 Å². The number of likely N-dealkylation sites (N-methyl/N-ethyl adjacent to an activating group) is 1. The predicted molar refractivity (Wildman–Crippen MR) is 315 cm³/mol. The summed E-state index contributed by atoms with van der Waals surface area (Å²) in [5.41, 5.74) is 0.808. The Morgan fingerprint density at radius 2 is 0.926 bits per heavy atom. The van der Waals surface area contributed by atoms with Crippen molar-refractivity contribution >= 4 is 46.5 Å². The van der Waals surface area contributed by atoms with Crippen molar-refractivity contribution in [3.8, 4) is 0 Å². The average Bonchev–Trinajstić information content (AvgIpc) is 4.28. The van der Waals surface area contributed by atoms with Crippen LogP contribution in [0.25, 0.3) is 0 Å². The molecular weight excluding hydrogens is 1050 g/mol. The Hall–Kier alpha value is -4.10. The van der Waals surface area contributed by atoms with Gasteiger partial charge in [0.1, 0.15) is 28.9 Å². The highest BCUT2D eigenvalue weighted by Gasteiger charge is 2.67. The Balaban J connectivity index is 0. The van der Waals surface area contributed by atoms with E-state index < -0.39 is 29.5 Å². The molecule has 0 unspecified atom stereocenters. The molecule has 4 fully saturated rings. The van der Waals surface area contributed by atoms with Gasteiger partial charge in [-0.25, -0.2) is 4.79 Å². The summed E-state index contributed by atoms with van der Waals surface area (Å²) >= 11 is 0. The number of carboxylic acid groups (broad SMARTS) is 1. The fraction of sp³-hybridized carbons (Fsp3) is 0.778. The smallest absolute Gasteiger partial charge is 0.411 e. The van der Waals surface area contributed by atoms with Gasteiger partial charge >= 0.3 is 17.8 Å². The van der Waals surface area contributed by atoms with Gasteiger partial charge in [-0.15, -0.1) is 0 Å². The van der Waals surface area contributed by atoms with Crippen LogP contribution in [0.4, 0.5) is 17.6 Å². The zero-order valence-electron chi connectivity index (χ0n) is 52.9. The lowest BCUT2D eigenvalue weighted by atomic mass is 9.89. The molecule has 1 aromatic rings. The van der Waals surface area contributed by atoms with Crippen LogP contribution in [0.3, 0.4) is 0 Å². The fourth-order valence-electron chi connectivity index (χ4n) is 7.87. The van der Waals surface area contributed by atoms with Crippen molar-refractivity contribution in [1.82, 2.24) is 19.6 Å². The monoisotopic (exact) mass is 1160 g/mol. The van der Waals surface area contributed by atoms with Crippen molar-refractivity contribution in [3.63, 3.8) is 0 Å². The maximum Gasteiger partial charge on any atom is 0.411 e. The van der Waals surface area contributed by atoms with Crippen LogP contribution in [-0.4, -0.2) is 176 Å². The second-order valence-electron chi connectivity index (χ2n) is 24.1. The molecule has 0 radical (unpaired) electrons. The number of halogens is 4. The van der Waals surface area contributed by atoms with E-state index in [1.807, 2.05) is 132 Å². The van der Waals surface area contributed by atoms with Gasteiger partial charge in [0.25, 0.3) is 0 Å². The molecule has 81 heavy (non-hydrogen) atoms. The summed E-state index contributed by atoms with van der Waals surface area (Å²) in [7, 11) is 6.11. The van der Waals surface area contributed by atoms with Crippen molar-refractivity contribution in [3.05, 3.63) is 35.9 Å². The Kier molecular flexibility index (Phi) is 40.8. The molecule has 18 heteroatoms. The first-order valence-corrected chi connectivity index (χ1v) is 29.7. The molecule has 5 rings (SSSR count). The number of carboxylic acids is 1. The van der Waals surface area contributed by atoms with Gasteiger partial charge in [0.05, 0.1) is 0 Å². The number of rotatable bonds is 22. The van der Waals surface area contributed by atoms with Crippen molar-refractivity contribution in [1.29, 1.82) is 0 Å². The van der Waals surface area contributed by atoms with Crippen LogP contribution in [0.2, 0.25) is 0 Å². The van der Waals surface area contributed by atoms with E-state index in [1.54, 1.807) is 0 Å². The van der Waals surface area contributed by atoms with Crippen LogP contribution in [0.5, 0.6) is 0 Å². The molecule has 4 aliphatic rings. The van der Waals surface area contributed by atoms with E-state index in [0.717, 1.165) is 117 Å². The minimum atomic E-state index is -5.37. The molecule has 1 saturated carbocycles. The second-order valence-corrected chi connectivity index (χ2v) is 24.1. The summed E-state index contributed by atoms with van der Waals surface area (Å²) in [5.74, 6) is -12.9. The lowest BCUT2D eigenvalue weighted by Crippen LogP contribution is -2.53. The molecule has 3 aliphatic heterocycles. The number of aliphatic carboxylic acids is 1. The van der Waals surface area contributed by atoms with Crippen molar-refractivity contribution in [2.75, 3.05) is 93.3 Å². The summed E-state index contributed by atoms with van der Waals surface area (Å²) in [5, 5.41) is 7.83. The van der Waals surface area contributed by atoms with E-state index in [0.29, 0.717) is 41.3 Å². The molecule has 1 aromatic carbocycles. The molecule has 1 aliphatic carbocycles. The number of hydrogen-bond acceptors (Lipinski definition) is 13. The molecule has 14 nitrogen and oxygen atoms in total. The van der Waals surface area contributed by atoms with Gasteiger partial charge in [0.2, 0.25) is 5.78 Å². The molecule has 3 heterocycles. The van der Waals surface area contributed by atoms with Gasteiger partial charge in [0.15, 0.2) is 5.78 Å². The van der Waals surface area contributed by atoms with E-state index >= 15 is 0 Å². The Labute approximate surface area is 485 Å². The fourth-order valence-corrected chi connectivity index (χ4v) is 7.87. The number of piperidine rings is 1. The third-order valence-corrected chi connectivity index (χ3v) is 14.0. The van der Waals surface area contributed by atoms with E-state index in [2.05, 4.69) is 21.7 Å². The topological polar surface area (TPSA) is 179 Å². The van der Waals surface area contributed by atoms with Gasteiger partial charge in [-0.2, -0.15) is 17.6 Å². The maximum atomic E-state index is 12.6. The van der Waals surface area contributed by atoms with Crippen molar-refractivity contribution in [2.24, 2.45) is 53.3 Å². The van der Waals surface area contributed by atoms with Gasteiger partial charge in [-0.1, -0.05) is 134 Å². The first-order chi connectivity index (χ1) is 37.5. The largest absolute Gasteiger partial charge is 0.477 e. The van der Waals surface area contributed by atoms with E-state index in [4.69, 9.17) is 9.84 Å². The van der Waals surface area contributed by atoms with Gasteiger partial charge in [-0.05, 0) is 72.8 Å². The lowest BCUT2D eigenvalue weighted by Gasteiger charge is -2.32. The molecule has 0 atom stereocenters. The predicted octanol–water partition coefficient (Wildman–Crippen LogP) is 11.5. The number of ether oxygens (including phenoxy) is 1. The number of carbonyl (C=O) groups is 8. The zero-order chi connectivity index (χ0) is 62.8. The van der Waals surface area contributed by atoms with Crippen LogP contribution < -0.4 is 0 Å². The number of piperazine rings is 1. The summed E-state index contributed by atoms with van der Waals surface area (Å²) in [6.07, 6.45) is 10.3. The lowest BCUT2D eigenvalue weighted by molar-refractivity contribution is -0.222. The van der Waals surface area contributed by atoms with Crippen LogP contribution in [0.15, 0.2) is 30.3 Å². The van der Waals surface area contributed by atoms with E-state index in [-0.39, 0.29) is 47.2 Å². The van der Waals surface area contributed by atoms with Gasteiger partial charge in [-0.3, -0.25) is 33.6 Å². The molecule has 468 valence electrons. The number of nitrogens with zero attached hydrogens (tertiary/aromatic N) is 4. The normalized spacial score (nSPS) is 16.3. The van der Waals surface area contributed by atoms with Crippen LogP contribution in [0.1, 0.15) is 171 Å². The Morgan fingerprint density at radius 3 is 1.27 bits per heavy atom. The first-order valence-electron chi connectivity index (χ1n) is 29.7. The number of carbonyl (C=O) groups excluding carboxylic acids is 7. The SMILES string of the molecule is CC(C)C(=O)C(F)(F)C(F)(F)C(=O)O.CC(C)C(=O)C1CC1.CC(C)C(=O)C1CCOCC1.CC(C)C(=O)CCN(C)C.CC(C)C(=O)CCN1CCCCC1.CC(C)C(=O)CCN1CCN(C)CC1.CC(C)C(=O)c1ccccc1. The van der Waals surface area contributed by atoms with Crippen LogP contribution >= 0.6 is 0 Å². The van der Waals surface area contributed by atoms with Crippen LogP contribution in [-0.2, 0) is 38.3 Å². The van der Waals surface area contributed by atoms with Gasteiger partial charge in [0, 0.05) is 137 Å². The summed E-state index contributed by atoms with van der Waals surface area (Å²) in [6.45, 7) is 36.7. The minimum absolute atomic E-state index is 0.0948. The quantitative estimate of drug-likeness (QED) is 0.0856. The van der Waals surface area contributed by atoms with E-state index in [9.17, 15) is 55.9 Å². The van der Waals surface area contributed by atoms with Gasteiger partial charge < -0.3 is 29.4 Å². The summed E-state index contributed by atoms with van der Waals surface area (Å²) in [4.78, 5) is 97.1. The summed E-state index contributed by atoms with van der Waals surface area (Å²) in [6, 6.07) is 9.38. The number of Topliss-reactive ketones (excluding diaryl/α,β-unsaturated/α-hetero) is 7. The number of ketones is 7. The zero-order valence-corrected chi connectivity index (χ0v) is 52.9. The Bertz CT molecular complexity index is 1970. The molecule has 3 saturated heterocycles. The number of likely N-dealkylation sites (tertiary alicyclic amines) is 1. The molecule has 1 N–H and O–H groups in total. The molecule has 0 bridgehead atoms. The third-order valence-electron chi connectivity index (χ3n) is 14.0. The molecule has 0 spiro atoms. The molecule has 0 amide bonds. The van der Waals surface area contributed by atoms with Crippen LogP contribution in [0, 0.1) is 53.3 Å². The Morgan fingerprint density at radius 1 is 0.531 bits per heavy atom. The first kappa shape index (κ1) is 79.0. The molecular formula is C63H108F4N4O10. The standard InChI is InChI=1S/C11H22N2O.C11H21NO.C10H12O.C9H16O2.C8H17NO.C7H8F4O3.C7H12O/c1-10(2)11(14)4-5-13-8-6-12(3)7-9-13;1-10(2)11(13)6-9-12-7-4-3-5-8-12;1-8(2)10(11)9-6-4-3-5-7-9;1-7(2)9(10)8-3-5-11-6-4-8;1-7(2)8(10)5-6-9(3)4;1-3(2)4(12)6(8,9)7(10,11)5(13)14;1-5(2)7(8)6-3-4-6/h10H,4-9H2,1-3H3;10H,3-9H2,1-2H3;3-8H,1-2H3;7-8H,3-6H2,1-2H3;7H,5-6H2,1-4H3;3H,1-2H3,(H,13,14);5-6H,3-4H2,1-2H3. The molecule has 0 aromatic heterocycles. The van der Waals surface area contributed by atoms with Crippen molar-refractivity contribution < 1.29 is 65.8 Å². The highest BCUT2D eigenvalue weighted by molar-refractivity contribution is 5.97. The van der Waals surface area contributed by atoms with E-state index in [1.165, 1.54) is 32.4 Å².